The average molecular weight is 318 g/mol. The Kier molecular flexibility index (Phi) is 4.65. The predicted octanol–water partition coefficient (Wildman–Crippen LogP) is 2.15. The van der Waals surface area contributed by atoms with E-state index in [1.54, 1.807) is 7.05 Å². The van der Waals surface area contributed by atoms with E-state index in [1.165, 1.54) is 6.07 Å². The summed E-state index contributed by atoms with van der Waals surface area (Å²) in [5.74, 6) is -2.48. The van der Waals surface area contributed by atoms with Crippen molar-refractivity contribution >= 4 is 10.0 Å². The molecule has 118 valence electrons. The van der Waals surface area contributed by atoms with Gasteiger partial charge < -0.3 is 5.32 Å². The molecular formula is C14H20F2N2O2S. The first-order valence-corrected chi connectivity index (χ1v) is 8.44. The Bertz CT molecular complexity index is 628. The van der Waals surface area contributed by atoms with Crippen LogP contribution in [0.25, 0.3) is 0 Å². The van der Waals surface area contributed by atoms with E-state index in [0.717, 1.165) is 25.3 Å². The third-order valence-electron chi connectivity index (χ3n) is 4.07. The number of hydrogen-bond donors (Lipinski definition) is 2. The molecule has 2 N–H and O–H groups in total. The Hall–Kier alpha value is -1.05. The van der Waals surface area contributed by atoms with Gasteiger partial charge in [0.05, 0.1) is 0 Å². The van der Waals surface area contributed by atoms with Crippen molar-refractivity contribution in [1.29, 1.82) is 0 Å². The fourth-order valence-electron chi connectivity index (χ4n) is 2.28. The quantitative estimate of drug-likeness (QED) is 0.810. The van der Waals surface area contributed by atoms with Crippen molar-refractivity contribution < 1.29 is 17.2 Å². The van der Waals surface area contributed by atoms with Crippen LogP contribution in [-0.2, 0) is 16.6 Å². The van der Waals surface area contributed by atoms with E-state index < -0.39 is 26.6 Å². The fraction of sp³-hybridized carbons (Fsp3) is 0.571. The summed E-state index contributed by atoms with van der Waals surface area (Å²) in [7, 11) is -2.41. The van der Waals surface area contributed by atoms with Gasteiger partial charge in [0.1, 0.15) is 4.90 Å². The number of nitrogens with one attached hydrogen (secondary N) is 2. The summed E-state index contributed by atoms with van der Waals surface area (Å²) in [4.78, 5) is -0.625. The minimum Gasteiger partial charge on any atom is -0.316 e. The van der Waals surface area contributed by atoms with E-state index in [-0.39, 0.29) is 18.5 Å². The molecule has 0 aliphatic heterocycles. The Balaban J connectivity index is 2.26. The molecule has 1 saturated carbocycles. The van der Waals surface area contributed by atoms with Crippen LogP contribution < -0.4 is 10.0 Å². The number of halogens is 2. The maximum absolute atomic E-state index is 13.8. The normalized spacial score (nSPS) is 17.0. The summed E-state index contributed by atoms with van der Waals surface area (Å²) in [6.45, 7) is 2.52. The van der Waals surface area contributed by atoms with Crippen LogP contribution in [0.4, 0.5) is 8.78 Å². The number of hydrogen-bond acceptors (Lipinski definition) is 3. The predicted molar refractivity (Wildman–Crippen MR) is 76.3 cm³/mol. The van der Waals surface area contributed by atoms with Crippen molar-refractivity contribution in [2.45, 2.75) is 37.6 Å². The summed E-state index contributed by atoms with van der Waals surface area (Å²) >= 11 is 0. The molecule has 0 aromatic heterocycles. The number of benzene rings is 1. The van der Waals surface area contributed by atoms with Gasteiger partial charge in [-0.3, -0.25) is 0 Å². The number of rotatable bonds is 7. The minimum absolute atomic E-state index is 0.00925. The molecule has 2 rings (SSSR count). The highest BCUT2D eigenvalue weighted by molar-refractivity contribution is 7.89. The third kappa shape index (κ3) is 3.59. The standard InChI is InChI=1S/C14H20F2N2O2S/c1-3-14(4-5-14)9-18-21(19,20)12-7-10(8-17-2)6-11(15)13(12)16/h6-7,17-18H,3-5,8-9H2,1-2H3. The van der Waals surface area contributed by atoms with Gasteiger partial charge in [0.15, 0.2) is 11.6 Å². The van der Waals surface area contributed by atoms with Gasteiger partial charge in [-0.2, -0.15) is 0 Å². The molecule has 1 aromatic rings. The zero-order chi connectivity index (χ0) is 15.7. The summed E-state index contributed by atoms with van der Waals surface area (Å²) in [5, 5.41) is 2.78. The van der Waals surface area contributed by atoms with Crippen molar-refractivity contribution in [3.63, 3.8) is 0 Å². The zero-order valence-corrected chi connectivity index (χ0v) is 13.0. The van der Waals surface area contributed by atoms with Crippen molar-refractivity contribution in [3.8, 4) is 0 Å². The molecule has 0 bridgehead atoms. The fourth-order valence-corrected chi connectivity index (χ4v) is 3.57. The second-order valence-corrected chi connectivity index (χ2v) is 7.33. The second kappa shape index (κ2) is 5.98. The lowest BCUT2D eigenvalue weighted by molar-refractivity contribution is 0.464. The highest BCUT2D eigenvalue weighted by atomic mass is 32.2. The molecule has 4 nitrogen and oxygen atoms in total. The molecule has 21 heavy (non-hydrogen) atoms. The molecule has 0 spiro atoms. The van der Waals surface area contributed by atoms with Crippen LogP contribution in [0.1, 0.15) is 31.7 Å². The van der Waals surface area contributed by atoms with Gasteiger partial charge in [-0.25, -0.2) is 21.9 Å². The third-order valence-corrected chi connectivity index (χ3v) is 5.47. The molecule has 0 amide bonds. The first-order valence-electron chi connectivity index (χ1n) is 6.96. The van der Waals surface area contributed by atoms with Gasteiger partial charge in [-0.15, -0.1) is 0 Å². The van der Waals surface area contributed by atoms with E-state index in [2.05, 4.69) is 10.0 Å². The lowest BCUT2D eigenvalue weighted by Crippen LogP contribution is -2.31. The first kappa shape index (κ1) is 16.3. The van der Waals surface area contributed by atoms with Gasteiger partial charge in [0.2, 0.25) is 10.0 Å². The van der Waals surface area contributed by atoms with E-state index in [9.17, 15) is 17.2 Å². The van der Waals surface area contributed by atoms with Crippen molar-refractivity contribution in [2.24, 2.45) is 5.41 Å². The molecule has 0 unspecified atom stereocenters. The molecule has 0 radical (unpaired) electrons. The molecule has 0 atom stereocenters. The minimum atomic E-state index is -4.05. The van der Waals surface area contributed by atoms with E-state index in [4.69, 9.17) is 0 Å². The van der Waals surface area contributed by atoms with Crippen molar-refractivity contribution in [3.05, 3.63) is 29.3 Å². The van der Waals surface area contributed by atoms with Crippen LogP contribution in [0.5, 0.6) is 0 Å². The van der Waals surface area contributed by atoms with Gasteiger partial charge in [-0.05, 0) is 49.4 Å². The van der Waals surface area contributed by atoms with Crippen LogP contribution in [0.15, 0.2) is 17.0 Å². The molecule has 0 heterocycles. The molecule has 1 aromatic carbocycles. The molecule has 1 aliphatic carbocycles. The first-order chi connectivity index (χ1) is 9.83. The van der Waals surface area contributed by atoms with E-state index >= 15 is 0 Å². The van der Waals surface area contributed by atoms with Gasteiger partial charge in [0.25, 0.3) is 0 Å². The number of sulfonamides is 1. The summed E-state index contributed by atoms with van der Waals surface area (Å²) in [6.07, 6.45) is 2.79. The Labute approximate surface area is 124 Å². The maximum Gasteiger partial charge on any atom is 0.243 e. The maximum atomic E-state index is 13.8. The molecule has 7 heteroatoms. The average Bonchev–Trinajstić information content (AvgIpc) is 3.21. The van der Waals surface area contributed by atoms with Crippen LogP contribution in [0.2, 0.25) is 0 Å². The molecule has 1 fully saturated rings. The van der Waals surface area contributed by atoms with Crippen LogP contribution >= 0.6 is 0 Å². The van der Waals surface area contributed by atoms with Crippen LogP contribution in [-0.4, -0.2) is 22.0 Å². The summed E-state index contributed by atoms with van der Waals surface area (Å²) < 4.78 is 54.2. The Morgan fingerprint density at radius 2 is 1.95 bits per heavy atom. The van der Waals surface area contributed by atoms with Crippen LogP contribution in [0, 0.1) is 17.0 Å². The van der Waals surface area contributed by atoms with Crippen LogP contribution in [0.3, 0.4) is 0 Å². The summed E-state index contributed by atoms with van der Waals surface area (Å²) in [5.41, 5.74) is 0.374. The Morgan fingerprint density at radius 1 is 1.29 bits per heavy atom. The van der Waals surface area contributed by atoms with E-state index in [1.807, 2.05) is 6.92 Å². The Morgan fingerprint density at radius 3 is 2.48 bits per heavy atom. The highest BCUT2D eigenvalue weighted by Gasteiger charge is 2.41. The lowest BCUT2D eigenvalue weighted by Gasteiger charge is -2.15. The molecule has 0 saturated heterocycles. The van der Waals surface area contributed by atoms with Gasteiger partial charge in [0, 0.05) is 13.1 Å². The largest absolute Gasteiger partial charge is 0.316 e. The zero-order valence-electron chi connectivity index (χ0n) is 12.2. The van der Waals surface area contributed by atoms with Gasteiger partial charge >= 0.3 is 0 Å². The monoisotopic (exact) mass is 318 g/mol. The molecular weight excluding hydrogens is 298 g/mol. The smallest absolute Gasteiger partial charge is 0.243 e. The van der Waals surface area contributed by atoms with Crippen molar-refractivity contribution in [2.75, 3.05) is 13.6 Å². The SMILES string of the molecule is CCC1(CNS(=O)(=O)c2cc(CNC)cc(F)c2F)CC1. The second-order valence-electron chi connectivity index (χ2n) is 5.60. The van der Waals surface area contributed by atoms with E-state index in [0.29, 0.717) is 5.56 Å². The van der Waals surface area contributed by atoms with Gasteiger partial charge in [-0.1, -0.05) is 6.92 Å². The summed E-state index contributed by atoms with van der Waals surface area (Å²) in [6, 6.07) is 2.17. The van der Waals surface area contributed by atoms with Crippen molar-refractivity contribution in [1.82, 2.24) is 10.0 Å². The highest BCUT2D eigenvalue weighted by Crippen LogP contribution is 2.48. The topological polar surface area (TPSA) is 58.2 Å². The lowest BCUT2D eigenvalue weighted by atomic mass is 10.1. The molecule has 1 aliphatic rings.